The minimum Gasteiger partial charge on any atom is -0.456 e. The van der Waals surface area contributed by atoms with Gasteiger partial charge in [-0.05, 0) is 81.8 Å². The Morgan fingerprint density at radius 1 is 1.18 bits per heavy atom. The molecule has 3 N–H and O–H groups in total. The van der Waals surface area contributed by atoms with Crippen molar-refractivity contribution in [3.63, 3.8) is 0 Å². The van der Waals surface area contributed by atoms with Gasteiger partial charge in [0.05, 0.1) is 17.6 Å². The lowest BCUT2D eigenvalue weighted by molar-refractivity contribution is -0.214. The summed E-state index contributed by atoms with van der Waals surface area (Å²) in [6.07, 6.45) is 9.56. The number of allylic oxidation sites excluding steroid dienone is 4. The largest absolute Gasteiger partial charge is 0.456 e. The van der Waals surface area contributed by atoms with Crippen molar-refractivity contribution >= 4 is 11.8 Å². The van der Waals surface area contributed by atoms with Gasteiger partial charge in [0, 0.05) is 23.8 Å². The fraction of sp³-hybridized carbons (Fsp3) is 0.714. The van der Waals surface area contributed by atoms with E-state index in [1.807, 2.05) is 6.08 Å². The Morgan fingerprint density at radius 3 is 2.62 bits per heavy atom. The van der Waals surface area contributed by atoms with Gasteiger partial charge in [-0.3, -0.25) is 4.79 Å². The Labute approximate surface area is 201 Å². The summed E-state index contributed by atoms with van der Waals surface area (Å²) < 4.78 is 5.67. The van der Waals surface area contributed by atoms with Crippen LogP contribution >= 0.6 is 0 Å². The van der Waals surface area contributed by atoms with E-state index in [9.17, 15) is 24.9 Å². The number of hydrogen-bond acceptors (Lipinski definition) is 6. The first-order valence-electron chi connectivity index (χ1n) is 12.8. The molecule has 0 saturated heterocycles. The molecule has 0 unspecified atom stereocenters. The maximum Gasteiger partial charge on any atom is 0.334 e. The predicted octanol–water partition coefficient (Wildman–Crippen LogP) is 3.40. The van der Waals surface area contributed by atoms with Crippen LogP contribution in [0.15, 0.2) is 34.9 Å². The van der Waals surface area contributed by atoms with Crippen molar-refractivity contribution in [3.8, 4) is 0 Å². The van der Waals surface area contributed by atoms with Crippen LogP contribution in [0.1, 0.15) is 72.6 Å². The zero-order valence-electron chi connectivity index (χ0n) is 20.8. The van der Waals surface area contributed by atoms with E-state index in [1.54, 1.807) is 13.8 Å². The van der Waals surface area contributed by atoms with Gasteiger partial charge >= 0.3 is 5.97 Å². The van der Waals surface area contributed by atoms with Crippen LogP contribution < -0.4 is 0 Å². The number of fused-ring (bicyclic) bond motifs is 5. The highest BCUT2D eigenvalue weighted by molar-refractivity contribution is 5.92. The van der Waals surface area contributed by atoms with Gasteiger partial charge in [-0.15, -0.1) is 0 Å². The van der Waals surface area contributed by atoms with E-state index in [-0.39, 0.29) is 30.1 Å². The topological polar surface area (TPSA) is 104 Å². The molecule has 0 bridgehead atoms. The molecule has 4 aliphatic carbocycles. The first-order chi connectivity index (χ1) is 15.9. The van der Waals surface area contributed by atoms with Gasteiger partial charge in [0.2, 0.25) is 0 Å². The number of aliphatic hydroxyl groups excluding tert-OH is 1. The lowest BCUT2D eigenvalue weighted by atomic mass is 9.45. The minimum absolute atomic E-state index is 0.0553. The van der Waals surface area contributed by atoms with Crippen molar-refractivity contribution in [3.05, 3.63) is 34.9 Å². The van der Waals surface area contributed by atoms with Gasteiger partial charge < -0.3 is 20.1 Å². The molecule has 5 aliphatic rings. The van der Waals surface area contributed by atoms with Gasteiger partial charge in [-0.1, -0.05) is 25.2 Å². The molecule has 186 valence electrons. The Balaban J connectivity index is 1.48. The molecular formula is C28H38O6. The van der Waals surface area contributed by atoms with Crippen molar-refractivity contribution in [2.24, 2.45) is 28.6 Å². The third kappa shape index (κ3) is 2.91. The Kier molecular flexibility index (Phi) is 5.37. The monoisotopic (exact) mass is 470 g/mol. The van der Waals surface area contributed by atoms with E-state index in [1.165, 1.54) is 0 Å². The van der Waals surface area contributed by atoms with Gasteiger partial charge in [0.25, 0.3) is 0 Å². The number of rotatable bonds is 3. The minimum atomic E-state index is -1.36. The summed E-state index contributed by atoms with van der Waals surface area (Å²) in [6.45, 7) is 7.27. The molecule has 0 spiro atoms. The van der Waals surface area contributed by atoms with Crippen molar-refractivity contribution in [1.82, 2.24) is 0 Å². The van der Waals surface area contributed by atoms with E-state index in [2.05, 4.69) is 26.0 Å². The number of ether oxygens (including phenoxy) is 1. The quantitative estimate of drug-likeness (QED) is 0.546. The summed E-state index contributed by atoms with van der Waals surface area (Å²) in [7, 11) is 0. The van der Waals surface area contributed by atoms with Crippen LogP contribution in [0.5, 0.6) is 0 Å². The zero-order valence-corrected chi connectivity index (χ0v) is 20.8. The highest BCUT2D eigenvalue weighted by Gasteiger charge is 2.70. The van der Waals surface area contributed by atoms with Crippen molar-refractivity contribution in [1.29, 1.82) is 0 Å². The van der Waals surface area contributed by atoms with Crippen LogP contribution in [-0.2, 0) is 14.3 Å². The first kappa shape index (κ1) is 24.0. The SMILES string of the molecule is CC1=C(CO)C[C@H]([C@](C)(O)[C@H]2CC[C@@]3(O)[C@@H]4CC=C5C=CCC(=O)[C@]5(C)[C@H]4CC[C@]23C)OC1=O. The van der Waals surface area contributed by atoms with Crippen LogP contribution in [0.25, 0.3) is 0 Å². The third-order valence-electron chi connectivity index (χ3n) is 10.8. The van der Waals surface area contributed by atoms with E-state index in [0.29, 0.717) is 43.3 Å². The normalized spacial score (nSPS) is 45.7. The second-order valence-corrected chi connectivity index (χ2v) is 12.0. The van der Waals surface area contributed by atoms with E-state index < -0.39 is 34.1 Å². The maximum absolute atomic E-state index is 13.1. The van der Waals surface area contributed by atoms with Crippen LogP contribution in [0, 0.1) is 28.6 Å². The fourth-order valence-corrected chi connectivity index (χ4v) is 8.55. The van der Waals surface area contributed by atoms with Crippen LogP contribution in [0.2, 0.25) is 0 Å². The third-order valence-corrected chi connectivity index (χ3v) is 10.8. The molecule has 0 radical (unpaired) electrons. The number of cyclic esters (lactones) is 1. The predicted molar refractivity (Wildman–Crippen MR) is 126 cm³/mol. The van der Waals surface area contributed by atoms with Crippen molar-refractivity contribution < 1.29 is 29.6 Å². The summed E-state index contributed by atoms with van der Waals surface area (Å²) in [5.74, 6) is -0.518. The molecule has 0 aromatic heterocycles. The molecule has 2 saturated carbocycles. The molecule has 0 amide bonds. The first-order valence-corrected chi connectivity index (χ1v) is 12.8. The highest BCUT2D eigenvalue weighted by Crippen LogP contribution is 2.68. The molecule has 5 rings (SSSR count). The lowest BCUT2D eigenvalue weighted by Gasteiger charge is -2.61. The number of hydrogen-bond donors (Lipinski definition) is 3. The average molecular weight is 471 g/mol. The van der Waals surface area contributed by atoms with Gasteiger partial charge in [0.1, 0.15) is 17.5 Å². The van der Waals surface area contributed by atoms with E-state index in [0.717, 1.165) is 18.4 Å². The zero-order chi connectivity index (χ0) is 24.7. The van der Waals surface area contributed by atoms with E-state index in [4.69, 9.17) is 4.74 Å². The standard InChI is InChI=1S/C28H38O6/c1-16-17(15-29)14-23(34-24(16)31)27(4,32)21-11-13-28(33)20-9-8-18-6-5-7-22(30)26(18,3)19(20)10-12-25(21,28)2/h5-6,8,19-21,23,29,32-33H,7,9-15H2,1-4H3/t19-,20+,21-,23+,25+,26-,27+,28+/m0/s1. The summed E-state index contributed by atoms with van der Waals surface area (Å²) in [5, 5.41) is 34.0. The second kappa shape index (κ2) is 7.62. The molecule has 6 nitrogen and oxygen atoms in total. The molecule has 2 fully saturated rings. The summed E-state index contributed by atoms with van der Waals surface area (Å²) in [4.78, 5) is 25.6. The molecule has 34 heavy (non-hydrogen) atoms. The second-order valence-electron chi connectivity index (χ2n) is 12.0. The van der Waals surface area contributed by atoms with Crippen LogP contribution in [0.4, 0.5) is 0 Å². The molecule has 1 aliphatic heterocycles. The number of aliphatic hydroxyl groups is 3. The Morgan fingerprint density at radius 2 is 1.91 bits per heavy atom. The van der Waals surface area contributed by atoms with Crippen molar-refractivity contribution in [2.75, 3.05) is 6.61 Å². The molecular weight excluding hydrogens is 432 g/mol. The Hall–Kier alpha value is -1.76. The number of Topliss-reactive ketones (excluding diaryl/α,β-unsaturated/α-hetero) is 1. The average Bonchev–Trinajstić information content (AvgIpc) is 3.08. The summed E-state index contributed by atoms with van der Waals surface area (Å²) >= 11 is 0. The van der Waals surface area contributed by atoms with Crippen LogP contribution in [0.3, 0.4) is 0 Å². The smallest absolute Gasteiger partial charge is 0.334 e. The summed E-state index contributed by atoms with van der Waals surface area (Å²) in [5.41, 5.74) is -1.40. The maximum atomic E-state index is 13.1. The number of carbonyl (C=O) groups is 2. The van der Waals surface area contributed by atoms with Gasteiger partial charge in [-0.2, -0.15) is 0 Å². The number of ketones is 1. The Bertz CT molecular complexity index is 1020. The van der Waals surface area contributed by atoms with E-state index >= 15 is 0 Å². The highest BCUT2D eigenvalue weighted by atomic mass is 16.6. The van der Waals surface area contributed by atoms with Crippen molar-refractivity contribution in [2.45, 2.75) is 89.9 Å². The lowest BCUT2D eigenvalue weighted by Crippen LogP contribution is -2.64. The fourth-order valence-electron chi connectivity index (χ4n) is 8.55. The number of esters is 1. The molecule has 0 aromatic rings. The number of carbonyl (C=O) groups excluding carboxylic acids is 2. The molecule has 8 atom stereocenters. The van der Waals surface area contributed by atoms with Gasteiger partial charge in [0.15, 0.2) is 0 Å². The van der Waals surface area contributed by atoms with Crippen LogP contribution in [-0.4, -0.2) is 51.0 Å². The van der Waals surface area contributed by atoms with Gasteiger partial charge in [-0.25, -0.2) is 4.79 Å². The molecule has 1 heterocycles. The summed E-state index contributed by atoms with van der Waals surface area (Å²) in [6, 6.07) is 0. The molecule has 6 heteroatoms. The molecule has 0 aromatic carbocycles.